The molecule has 1 aromatic carbocycles. The molecule has 108 valence electrons. The van der Waals surface area contributed by atoms with Crippen LogP contribution >= 0.6 is 0 Å². The van der Waals surface area contributed by atoms with Crippen molar-refractivity contribution in [2.75, 3.05) is 34.3 Å². The minimum atomic E-state index is -0.275. The van der Waals surface area contributed by atoms with Gasteiger partial charge in [-0.25, -0.2) is 4.39 Å². The van der Waals surface area contributed by atoms with Crippen LogP contribution in [0.2, 0.25) is 0 Å². The largest absolute Gasteiger partial charge is 0.494 e. The van der Waals surface area contributed by atoms with E-state index in [2.05, 4.69) is 38.2 Å². The third kappa shape index (κ3) is 5.17. The van der Waals surface area contributed by atoms with Crippen LogP contribution in [-0.4, -0.2) is 39.2 Å². The number of benzene rings is 1. The molecule has 0 aliphatic carbocycles. The first-order chi connectivity index (χ1) is 8.85. The van der Waals surface area contributed by atoms with Crippen LogP contribution in [0.5, 0.6) is 5.75 Å². The second-order valence-electron chi connectivity index (χ2n) is 5.94. The zero-order valence-corrected chi connectivity index (χ0v) is 12.6. The minimum Gasteiger partial charge on any atom is -0.494 e. The lowest BCUT2D eigenvalue weighted by molar-refractivity contribution is 0.232. The highest BCUT2D eigenvalue weighted by atomic mass is 19.1. The van der Waals surface area contributed by atoms with E-state index in [0.717, 1.165) is 13.1 Å². The lowest BCUT2D eigenvalue weighted by atomic mass is 9.93. The Labute approximate surface area is 115 Å². The Kier molecular flexibility index (Phi) is 5.76. The lowest BCUT2D eigenvalue weighted by Gasteiger charge is -2.28. The van der Waals surface area contributed by atoms with Crippen LogP contribution in [0.4, 0.5) is 4.39 Å². The second-order valence-corrected chi connectivity index (χ2v) is 5.94. The molecule has 0 spiro atoms. The van der Waals surface area contributed by atoms with Crippen LogP contribution in [0.1, 0.15) is 19.4 Å². The molecule has 0 fully saturated rings. The molecule has 0 radical (unpaired) electrons. The van der Waals surface area contributed by atoms with Gasteiger partial charge in [0.15, 0.2) is 11.6 Å². The summed E-state index contributed by atoms with van der Waals surface area (Å²) < 4.78 is 18.9. The van der Waals surface area contributed by atoms with E-state index in [1.54, 1.807) is 12.1 Å². The van der Waals surface area contributed by atoms with Gasteiger partial charge < -0.3 is 15.0 Å². The van der Waals surface area contributed by atoms with Crippen molar-refractivity contribution >= 4 is 0 Å². The molecule has 0 aliphatic rings. The van der Waals surface area contributed by atoms with Crippen molar-refractivity contribution in [3.8, 4) is 5.75 Å². The van der Waals surface area contributed by atoms with E-state index in [4.69, 9.17) is 4.74 Å². The molecule has 0 bridgehead atoms. The molecule has 1 N–H and O–H groups in total. The fraction of sp³-hybridized carbons (Fsp3) is 0.600. The molecule has 0 atom stereocenters. The summed E-state index contributed by atoms with van der Waals surface area (Å²) in [7, 11) is 5.60. The molecular weight excluding hydrogens is 243 g/mol. The first-order valence-electron chi connectivity index (χ1n) is 6.52. The van der Waals surface area contributed by atoms with E-state index < -0.39 is 0 Å². The number of rotatable bonds is 7. The average Bonchev–Trinajstić information content (AvgIpc) is 2.29. The smallest absolute Gasteiger partial charge is 0.169 e. The van der Waals surface area contributed by atoms with Crippen LogP contribution in [0.3, 0.4) is 0 Å². The average molecular weight is 268 g/mol. The standard InChI is InChI=1S/C15H25FN2O/c1-15(2,11-18(3)4)10-17-9-12-7-6-8-13(19-5)14(12)16/h6-8,17H,9-11H2,1-5H3. The molecule has 0 aromatic heterocycles. The Morgan fingerprint density at radius 1 is 1.32 bits per heavy atom. The van der Waals surface area contributed by atoms with Gasteiger partial charge in [0.1, 0.15) is 0 Å². The van der Waals surface area contributed by atoms with Gasteiger partial charge in [-0.3, -0.25) is 0 Å². The number of halogens is 1. The fourth-order valence-electron chi connectivity index (χ4n) is 2.30. The first kappa shape index (κ1) is 15.9. The van der Waals surface area contributed by atoms with Gasteiger partial charge in [0.2, 0.25) is 0 Å². The molecular formula is C15H25FN2O. The third-order valence-electron chi connectivity index (χ3n) is 2.93. The van der Waals surface area contributed by atoms with Crippen LogP contribution in [0.25, 0.3) is 0 Å². The third-order valence-corrected chi connectivity index (χ3v) is 2.93. The minimum absolute atomic E-state index is 0.152. The monoisotopic (exact) mass is 268 g/mol. The van der Waals surface area contributed by atoms with E-state index >= 15 is 0 Å². The van der Waals surface area contributed by atoms with Gasteiger partial charge in [0.25, 0.3) is 0 Å². The van der Waals surface area contributed by atoms with Crippen molar-refractivity contribution in [2.24, 2.45) is 5.41 Å². The number of hydrogen-bond donors (Lipinski definition) is 1. The summed E-state index contributed by atoms with van der Waals surface area (Å²) in [5.41, 5.74) is 0.791. The van der Waals surface area contributed by atoms with Crippen LogP contribution in [0.15, 0.2) is 18.2 Å². The van der Waals surface area contributed by atoms with E-state index in [9.17, 15) is 4.39 Å². The number of methoxy groups -OCH3 is 1. The van der Waals surface area contributed by atoms with Gasteiger partial charge in [-0.15, -0.1) is 0 Å². The molecule has 1 aromatic rings. The molecule has 0 saturated carbocycles. The zero-order chi connectivity index (χ0) is 14.5. The van der Waals surface area contributed by atoms with Crippen LogP contribution in [0, 0.1) is 11.2 Å². The quantitative estimate of drug-likeness (QED) is 0.822. The molecule has 0 heterocycles. The molecule has 0 amide bonds. The summed E-state index contributed by atoms with van der Waals surface area (Å²) in [5.74, 6) is 0.0229. The summed E-state index contributed by atoms with van der Waals surface area (Å²) in [5, 5.41) is 3.32. The SMILES string of the molecule is COc1cccc(CNCC(C)(C)CN(C)C)c1F. The van der Waals surface area contributed by atoms with Gasteiger partial charge >= 0.3 is 0 Å². The summed E-state index contributed by atoms with van der Waals surface area (Å²) in [6.45, 7) is 6.73. The van der Waals surface area contributed by atoms with E-state index in [0.29, 0.717) is 17.9 Å². The predicted octanol–water partition coefficient (Wildman–Crippen LogP) is 2.51. The Bertz CT molecular complexity index is 405. The normalized spacial score (nSPS) is 11.9. The Hall–Kier alpha value is -1.13. The Morgan fingerprint density at radius 2 is 2.00 bits per heavy atom. The summed E-state index contributed by atoms with van der Waals surface area (Å²) in [4.78, 5) is 2.16. The van der Waals surface area contributed by atoms with Crippen molar-refractivity contribution < 1.29 is 9.13 Å². The summed E-state index contributed by atoms with van der Waals surface area (Å²) >= 11 is 0. The molecule has 1 rings (SSSR count). The molecule has 4 heteroatoms. The van der Waals surface area contributed by atoms with E-state index in [1.165, 1.54) is 7.11 Å². The maximum Gasteiger partial charge on any atom is 0.169 e. The van der Waals surface area contributed by atoms with E-state index in [1.807, 2.05) is 6.07 Å². The summed E-state index contributed by atoms with van der Waals surface area (Å²) in [6, 6.07) is 5.22. The number of nitrogens with one attached hydrogen (secondary N) is 1. The molecule has 0 aliphatic heterocycles. The predicted molar refractivity (Wildman–Crippen MR) is 77.0 cm³/mol. The number of ether oxygens (including phenoxy) is 1. The zero-order valence-electron chi connectivity index (χ0n) is 12.6. The van der Waals surface area contributed by atoms with Gasteiger partial charge in [0.05, 0.1) is 7.11 Å². The van der Waals surface area contributed by atoms with Crippen LogP contribution < -0.4 is 10.1 Å². The Morgan fingerprint density at radius 3 is 2.58 bits per heavy atom. The molecule has 3 nitrogen and oxygen atoms in total. The van der Waals surface area contributed by atoms with Gasteiger partial charge in [-0.05, 0) is 25.6 Å². The maximum atomic E-state index is 13.9. The molecule has 19 heavy (non-hydrogen) atoms. The van der Waals surface area contributed by atoms with E-state index in [-0.39, 0.29) is 11.2 Å². The highest BCUT2D eigenvalue weighted by Crippen LogP contribution is 2.20. The number of nitrogens with zero attached hydrogens (tertiary/aromatic N) is 1. The summed E-state index contributed by atoms with van der Waals surface area (Å²) in [6.07, 6.45) is 0. The van der Waals surface area contributed by atoms with Crippen molar-refractivity contribution in [3.63, 3.8) is 0 Å². The van der Waals surface area contributed by atoms with Crippen LogP contribution in [-0.2, 0) is 6.54 Å². The van der Waals surface area contributed by atoms with Gasteiger partial charge in [-0.1, -0.05) is 26.0 Å². The second kappa shape index (κ2) is 6.87. The fourth-order valence-corrected chi connectivity index (χ4v) is 2.30. The van der Waals surface area contributed by atoms with Gasteiger partial charge in [0, 0.05) is 25.2 Å². The Balaban J connectivity index is 2.54. The topological polar surface area (TPSA) is 24.5 Å². The van der Waals surface area contributed by atoms with Crippen molar-refractivity contribution in [1.29, 1.82) is 0 Å². The molecule has 0 saturated heterocycles. The highest BCUT2D eigenvalue weighted by Gasteiger charge is 2.18. The lowest BCUT2D eigenvalue weighted by Crippen LogP contribution is -2.37. The van der Waals surface area contributed by atoms with Crippen molar-refractivity contribution in [2.45, 2.75) is 20.4 Å². The molecule has 0 unspecified atom stereocenters. The first-order valence-corrected chi connectivity index (χ1v) is 6.52. The maximum absolute atomic E-state index is 13.9. The van der Waals surface area contributed by atoms with Crippen molar-refractivity contribution in [3.05, 3.63) is 29.6 Å². The van der Waals surface area contributed by atoms with Gasteiger partial charge in [-0.2, -0.15) is 0 Å². The van der Waals surface area contributed by atoms with Crippen molar-refractivity contribution in [1.82, 2.24) is 10.2 Å². The number of hydrogen-bond acceptors (Lipinski definition) is 3. The highest BCUT2D eigenvalue weighted by molar-refractivity contribution is 5.30.